The number of fused-ring (bicyclic) bond motifs is 3. The zero-order chi connectivity index (χ0) is 35.8. The van der Waals surface area contributed by atoms with Gasteiger partial charge in [0.15, 0.2) is 5.82 Å². The smallest absolute Gasteiger partial charge is 0.161 e. The minimum Gasteiger partial charge on any atom is -0.228 e. The molecule has 2 heteroatoms. The first-order chi connectivity index (χ1) is 26.8. The Hall–Kier alpha value is -7.16. The van der Waals surface area contributed by atoms with E-state index in [9.17, 15) is 0 Å². The molecule has 0 amide bonds. The maximum atomic E-state index is 5.41. The predicted octanol–water partition coefficient (Wildman–Crippen LogP) is 13.9. The van der Waals surface area contributed by atoms with Crippen molar-refractivity contribution < 1.29 is 0 Å². The van der Waals surface area contributed by atoms with E-state index < -0.39 is 0 Å². The summed E-state index contributed by atoms with van der Waals surface area (Å²) in [6, 6.07) is 73.5. The number of hydrogen-bond donors (Lipinski definition) is 0. The van der Waals surface area contributed by atoms with Crippen LogP contribution < -0.4 is 0 Å². The maximum Gasteiger partial charge on any atom is 0.161 e. The van der Waals surface area contributed by atoms with E-state index in [1.807, 2.05) is 12.1 Å². The fourth-order valence-corrected chi connectivity index (χ4v) is 7.82. The molecule has 0 aliphatic carbocycles. The molecule has 0 atom stereocenters. The second kappa shape index (κ2) is 13.4. The summed E-state index contributed by atoms with van der Waals surface area (Å²) in [5, 5.41) is 6.99. The van der Waals surface area contributed by atoms with Crippen LogP contribution in [0.1, 0.15) is 0 Å². The second-order valence-electron chi connectivity index (χ2n) is 13.8. The van der Waals surface area contributed by atoms with Crippen LogP contribution in [0.4, 0.5) is 0 Å². The van der Waals surface area contributed by atoms with Crippen LogP contribution in [0, 0.1) is 0 Å². The van der Waals surface area contributed by atoms with Crippen molar-refractivity contribution in [2.45, 2.75) is 0 Å². The van der Waals surface area contributed by atoms with Crippen LogP contribution in [0.2, 0.25) is 0 Å². The number of hydrogen-bond acceptors (Lipinski definition) is 2. The van der Waals surface area contributed by atoms with Gasteiger partial charge in [-0.3, -0.25) is 0 Å². The van der Waals surface area contributed by atoms with Crippen LogP contribution in [0.5, 0.6) is 0 Å². The summed E-state index contributed by atoms with van der Waals surface area (Å²) < 4.78 is 0. The Kier molecular flexibility index (Phi) is 7.85. The molecule has 10 aromatic rings. The van der Waals surface area contributed by atoms with Gasteiger partial charge in [0.2, 0.25) is 0 Å². The lowest BCUT2D eigenvalue weighted by atomic mass is 9.85. The fraction of sp³-hybridized carbons (Fsp3) is 0. The van der Waals surface area contributed by atoms with Gasteiger partial charge in [0, 0.05) is 16.7 Å². The molecule has 0 spiro atoms. The molecule has 9 aromatic carbocycles. The summed E-state index contributed by atoms with van der Waals surface area (Å²) in [5.41, 5.74) is 11.9. The van der Waals surface area contributed by atoms with E-state index in [-0.39, 0.29) is 0 Å². The minimum absolute atomic E-state index is 0.702. The van der Waals surface area contributed by atoms with E-state index in [0.717, 1.165) is 55.2 Å². The van der Waals surface area contributed by atoms with E-state index in [1.54, 1.807) is 0 Å². The van der Waals surface area contributed by atoms with Gasteiger partial charge in [0.25, 0.3) is 0 Å². The molecule has 10 rings (SSSR count). The Balaban J connectivity index is 1.36. The molecule has 2 nitrogen and oxygen atoms in total. The molecule has 0 N–H and O–H groups in total. The third-order valence-corrected chi connectivity index (χ3v) is 10.5. The quantitative estimate of drug-likeness (QED) is 0.163. The average molecular weight is 687 g/mol. The van der Waals surface area contributed by atoms with Crippen LogP contribution in [-0.4, -0.2) is 9.97 Å². The predicted molar refractivity (Wildman–Crippen MR) is 227 cm³/mol. The molecule has 54 heavy (non-hydrogen) atoms. The van der Waals surface area contributed by atoms with Crippen molar-refractivity contribution in [2.24, 2.45) is 0 Å². The molecule has 0 radical (unpaired) electrons. The number of aromatic nitrogens is 2. The zero-order valence-electron chi connectivity index (χ0n) is 29.5. The summed E-state index contributed by atoms with van der Waals surface area (Å²) in [7, 11) is 0. The summed E-state index contributed by atoms with van der Waals surface area (Å²) in [5.74, 6) is 0.702. The normalized spacial score (nSPS) is 11.3. The third-order valence-electron chi connectivity index (χ3n) is 10.5. The molecule has 0 unspecified atom stereocenters. The molecular formula is C52H34N2. The molecule has 0 saturated heterocycles. The minimum atomic E-state index is 0.702. The van der Waals surface area contributed by atoms with Crippen molar-refractivity contribution >= 4 is 32.3 Å². The van der Waals surface area contributed by atoms with Crippen molar-refractivity contribution in [1.29, 1.82) is 0 Å². The van der Waals surface area contributed by atoms with Gasteiger partial charge in [0.05, 0.1) is 11.4 Å². The lowest BCUT2D eigenvalue weighted by Crippen LogP contribution is -1.99. The highest BCUT2D eigenvalue weighted by molar-refractivity contribution is 6.22. The van der Waals surface area contributed by atoms with E-state index >= 15 is 0 Å². The standard InChI is InChI=1S/C52H34N2/c1-5-15-35(16-6-1)41-28-30-45-46(32-41)50(43-26-25-37-19-13-14-24-40(37)31-43)44-29-27-42(36-17-7-2-8-18-36)33-47(44)51(45)52-53-48(38-20-9-3-10-21-38)34-49(54-52)39-22-11-4-12-23-39/h1-34H. The van der Waals surface area contributed by atoms with Gasteiger partial charge in [0.1, 0.15) is 0 Å². The van der Waals surface area contributed by atoms with Gasteiger partial charge in [-0.05, 0) is 90.0 Å². The average Bonchev–Trinajstić information content (AvgIpc) is 3.26. The van der Waals surface area contributed by atoms with Crippen molar-refractivity contribution in [1.82, 2.24) is 9.97 Å². The largest absolute Gasteiger partial charge is 0.228 e. The van der Waals surface area contributed by atoms with Crippen LogP contribution in [0.25, 0.3) is 99.6 Å². The van der Waals surface area contributed by atoms with Crippen molar-refractivity contribution in [3.63, 3.8) is 0 Å². The number of rotatable bonds is 6. The third kappa shape index (κ3) is 5.71. The van der Waals surface area contributed by atoms with E-state index in [1.165, 1.54) is 38.6 Å². The Morgan fingerprint density at radius 2 is 0.667 bits per heavy atom. The first-order valence-corrected chi connectivity index (χ1v) is 18.4. The fourth-order valence-electron chi connectivity index (χ4n) is 7.82. The highest BCUT2D eigenvalue weighted by atomic mass is 14.9. The molecule has 252 valence electrons. The summed E-state index contributed by atoms with van der Waals surface area (Å²) in [6.45, 7) is 0. The lowest BCUT2D eigenvalue weighted by Gasteiger charge is -2.20. The molecule has 0 fully saturated rings. The van der Waals surface area contributed by atoms with Crippen LogP contribution in [0.15, 0.2) is 206 Å². The molecule has 0 aliphatic rings. The van der Waals surface area contributed by atoms with Crippen LogP contribution in [-0.2, 0) is 0 Å². The lowest BCUT2D eigenvalue weighted by molar-refractivity contribution is 1.19. The van der Waals surface area contributed by atoms with Gasteiger partial charge in [-0.15, -0.1) is 0 Å². The Morgan fingerprint density at radius 3 is 1.20 bits per heavy atom. The topological polar surface area (TPSA) is 25.8 Å². The van der Waals surface area contributed by atoms with E-state index in [2.05, 4.69) is 194 Å². The van der Waals surface area contributed by atoms with Gasteiger partial charge in [-0.25, -0.2) is 9.97 Å². The first kappa shape index (κ1) is 31.6. The zero-order valence-corrected chi connectivity index (χ0v) is 29.5. The van der Waals surface area contributed by atoms with Gasteiger partial charge < -0.3 is 0 Å². The Bertz CT molecular complexity index is 2900. The monoisotopic (exact) mass is 686 g/mol. The maximum absolute atomic E-state index is 5.41. The number of benzene rings is 9. The Labute approximate surface area is 314 Å². The van der Waals surface area contributed by atoms with Gasteiger partial charge in [-0.1, -0.05) is 182 Å². The van der Waals surface area contributed by atoms with Gasteiger partial charge in [-0.2, -0.15) is 0 Å². The summed E-state index contributed by atoms with van der Waals surface area (Å²) in [4.78, 5) is 10.8. The molecular weight excluding hydrogens is 653 g/mol. The van der Waals surface area contributed by atoms with Gasteiger partial charge >= 0.3 is 0 Å². The first-order valence-electron chi connectivity index (χ1n) is 18.4. The molecule has 0 aliphatic heterocycles. The number of nitrogens with zero attached hydrogens (tertiary/aromatic N) is 2. The van der Waals surface area contributed by atoms with E-state index in [4.69, 9.17) is 9.97 Å². The van der Waals surface area contributed by atoms with Crippen LogP contribution >= 0.6 is 0 Å². The van der Waals surface area contributed by atoms with Crippen molar-refractivity contribution in [3.8, 4) is 67.3 Å². The molecule has 0 bridgehead atoms. The highest BCUT2D eigenvalue weighted by Gasteiger charge is 2.22. The van der Waals surface area contributed by atoms with E-state index in [0.29, 0.717) is 5.82 Å². The molecule has 1 heterocycles. The SMILES string of the molecule is c1ccc(-c2ccc3c(-c4nc(-c5ccccc5)cc(-c5ccccc5)n4)c4cc(-c5ccccc5)ccc4c(-c4ccc5ccccc5c4)c3c2)cc1. The molecule has 0 saturated carbocycles. The highest BCUT2D eigenvalue weighted by Crippen LogP contribution is 2.46. The summed E-state index contributed by atoms with van der Waals surface area (Å²) >= 11 is 0. The second-order valence-corrected chi connectivity index (χ2v) is 13.8. The summed E-state index contributed by atoms with van der Waals surface area (Å²) in [6.07, 6.45) is 0. The van der Waals surface area contributed by atoms with Crippen molar-refractivity contribution in [2.75, 3.05) is 0 Å². The molecule has 1 aromatic heterocycles. The van der Waals surface area contributed by atoms with Crippen LogP contribution in [0.3, 0.4) is 0 Å². The van der Waals surface area contributed by atoms with Crippen molar-refractivity contribution in [3.05, 3.63) is 206 Å². The Morgan fingerprint density at radius 1 is 0.241 bits per heavy atom.